The molecule has 1 fully saturated rings. The van der Waals surface area contributed by atoms with Gasteiger partial charge >= 0.3 is 0 Å². The fourth-order valence-corrected chi connectivity index (χ4v) is 7.50. The van der Waals surface area contributed by atoms with Gasteiger partial charge in [0.1, 0.15) is 0 Å². The molecule has 1 saturated heterocycles. The van der Waals surface area contributed by atoms with Gasteiger partial charge in [-0.05, 0) is 99.5 Å². The molecule has 5 heteroatoms. The van der Waals surface area contributed by atoms with Crippen molar-refractivity contribution in [3.05, 3.63) is 136 Å². The van der Waals surface area contributed by atoms with Gasteiger partial charge in [0.2, 0.25) is 0 Å². The van der Waals surface area contributed by atoms with Gasteiger partial charge < -0.3 is 9.80 Å². The van der Waals surface area contributed by atoms with Crippen LogP contribution >= 0.6 is 11.8 Å². The number of ketones is 1. The summed E-state index contributed by atoms with van der Waals surface area (Å²) >= 11 is 1.49. The van der Waals surface area contributed by atoms with Crippen molar-refractivity contribution in [1.82, 2.24) is 4.90 Å². The third-order valence-corrected chi connectivity index (χ3v) is 10.0. The Balaban J connectivity index is 1.07. The molecule has 0 N–H and O–H groups in total. The SMILES string of the molecule is Cc1cccc(CN2C(=O)/C(=C/c3ccccc3)Sc3ccc(C(=O)CCCCN4CCC(Cc5ccccc5)CC4)cc32)c1. The Morgan fingerprint density at radius 3 is 2.33 bits per heavy atom. The number of aryl methyl sites for hydroxylation is 1. The molecule has 0 aliphatic carbocycles. The fraction of sp³-hybridized carbons (Fsp3) is 0.300. The van der Waals surface area contributed by atoms with E-state index in [9.17, 15) is 9.59 Å². The number of anilines is 1. The van der Waals surface area contributed by atoms with Crippen molar-refractivity contribution < 1.29 is 9.59 Å². The zero-order chi connectivity index (χ0) is 31.0. The number of unbranched alkanes of at least 4 members (excludes halogenated alkanes) is 1. The Kier molecular flexibility index (Phi) is 10.3. The van der Waals surface area contributed by atoms with Gasteiger partial charge in [0, 0.05) is 16.9 Å². The van der Waals surface area contributed by atoms with Crippen molar-refractivity contribution >= 4 is 35.2 Å². The van der Waals surface area contributed by atoms with E-state index in [2.05, 4.69) is 60.4 Å². The molecular formula is C40H42N2O2S. The number of rotatable bonds is 11. The number of hydrogen-bond acceptors (Lipinski definition) is 4. The number of nitrogens with zero attached hydrogens (tertiary/aromatic N) is 2. The van der Waals surface area contributed by atoms with Crippen LogP contribution in [0, 0.1) is 12.8 Å². The van der Waals surface area contributed by atoms with E-state index in [1.54, 1.807) is 0 Å². The smallest absolute Gasteiger partial charge is 0.265 e. The third-order valence-electron chi connectivity index (χ3n) is 8.97. The molecule has 230 valence electrons. The highest BCUT2D eigenvalue weighted by Crippen LogP contribution is 2.43. The number of carbonyl (C=O) groups excluding carboxylic acids is 2. The maximum Gasteiger partial charge on any atom is 0.265 e. The molecule has 0 saturated carbocycles. The molecule has 1 amide bonds. The molecule has 4 aromatic rings. The summed E-state index contributed by atoms with van der Waals surface area (Å²) in [6.45, 7) is 5.89. The Hall–Kier alpha value is -3.93. The van der Waals surface area contributed by atoms with E-state index in [-0.39, 0.29) is 11.7 Å². The minimum Gasteiger partial charge on any atom is -0.303 e. The number of piperidine rings is 1. The first-order valence-corrected chi connectivity index (χ1v) is 17.1. The standard InChI is InChI=1S/C40H42N2O2S/c1-30-11-10-16-34(25-30)29-42-36-28-35(18-19-38(36)45-39(40(42)44)27-32-14-6-3-7-15-32)37(43)17-8-9-22-41-23-20-33(21-24-41)26-31-12-4-2-5-13-31/h2-7,10-16,18-19,25,27-28,33H,8-9,17,20-24,26,29H2,1H3/b39-27-. The Bertz CT molecular complexity index is 1640. The average Bonchev–Trinajstić information content (AvgIpc) is 3.06. The Morgan fingerprint density at radius 1 is 0.844 bits per heavy atom. The largest absolute Gasteiger partial charge is 0.303 e. The van der Waals surface area contributed by atoms with Gasteiger partial charge in [0.15, 0.2) is 5.78 Å². The summed E-state index contributed by atoms with van der Waals surface area (Å²) in [7, 11) is 0. The van der Waals surface area contributed by atoms with Gasteiger partial charge in [0.05, 0.1) is 17.1 Å². The fourth-order valence-electron chi connectivity index (χ4n) is 6.46. The first-order chi connectivity index (χ1) is 22.0. The minimum atomic E-state index is -0.0324. The molecule has 0 aromatic heterocycles. The molecule has 0 atom stereocenters. The first-order valence-electron chi connectivity index (χ1n) is 16.3. The van der Waals surface area contributed by atoms with Gasteiger partial charge in [-0.15, -0.1) is 0 Å². The van der Waals surface area contributed by atoms with E-state index in [0.29, 0.717) is 23.4 Å². The second-order valence-corrected chi connectivity index (χ2v) is 13.5. The number of hydrogen-bond donors (Lipinski definition) is 0. The van der Waals surface area contributed by atoms with Crippen molar-refractivity contribution in [2.45, 2.75) is 56.9 Å². The summed E-state index contributed by atoms with van der Waals surface area (Å²) < 4.78 is 0. The van der Waals surface area contributed by atoms with E-state index in [1.807, 2.05) is 65.6 Å². The normalized spacial score (nSPS) is 16.6. The zero-order valence-corrected chi connectivity index (χ0v) is 27.0. The molecule has 4 aromatic carbocycles. The molecule has 2 aliphatic rings. The monoisotopic (exact) mass is 614 g/mol. The minimum absolute atomic E-state index is 0.0324. The van der Waals surface area contributed by atoms with Crippen LogP contribution in [0.2, 0.25) is 0 Å². The average molecular weight is 615 g/mol. The van der Waals surface area contributed by atoms with Crippen molar-refractivity contribution in [3.8, 4) is 0 Å². The number of Topliss-reactive ketones (excluding diaryl/α,β-unsaturated/α-hetero) is 1. The summed E-state index contributed by atoms with van der Waals surface area (Å²) in [6, 6.07) is 35.0. The molecule has 2 aliphatic heterocycles. The van der Waals surface area contributed by atoms with Crippen LogP contribution in [0.3, 0.4) is 0 Å². The van der Waals surface area contributed by atoms with Crippen LogP contribution in [0.15, 0.2) is 113 Å². The maximum atomic E-state index is 13.9. The molecule has 0 bridgehead atoms. The lowest BCUT2D eigenvalue weighted by Gasteiger charge is -2.32. The van der Waals surface area contributed by atoms with E-state index < -0.39 is 0 Å². The van der Waals surface area contributed by atoms with Crippen LogP contribution in [0.1, 0.15) is 64.7 Å². The highest BCUT2D eigenvalue weighted by Gasteiger charge is 2.30. The molecule has 0 radical (unpaired) electrons. The summed E-state index contributed by atoms with van der Waals surface area (Å²) in [6.07, 6.45) is 8.08. The van der Waals surface area contributed by atoms with E-state index in [1.165, 1.54) is 36.6 Å². The number of thioether (sulfide) groups is 1. The van der Waals surface area contributed by atoms with Gasteiger partial charge in [-0.25, -0.2) is 0 Å². The van der Waals surface area contributed by atoms with Gasteiger partial charge in [-0.2, -0.15) is 0 Å². The second-order valence-electron chi connectivity index (χ2n) is 12.4. The van der Waals surface area contributed by atoms with Gasteiger partial charge in [-0.3, -0.25) is 9.59 Å². The van der Waals surface area contributed by atoms with E-state index in [0.717, 1.165) is 65.7 Å². The summed E-state index contributed by atoms with van der Waals surface area (Å²) in [5.41, 5.74) is 6.18. The lowest BCUT2D eigenvalue weighted by atomic mass is 9.90. The van der Waals surface area contributed by atoms with Crippen molar-refractivity contribution in [3.63, 3.8) is 0 Å². The van der Waals surface area contributed by atoms with Crippen LogP contribution in [0.4, 0.5) is 5.69 Å². The van der Waals surface area contributed by atoms with E-state index in [4.69, 9.17) is 0 Å². The Labute approximate surface area is 272 Å². The maximum absolute atomic E-state index is 13.9. The molecule has 4 nitrogen and oxygen atoms in total. The molecule has 6 rings (SSSR count). The second kappa shape index (κ2) is 14.9. The number of fused-ring (bicyclic) bond motifs is 1. The van der Waals surface area contributed by atoms with Crippen LogP contribution < -0.4 is 4.90 Å². The first kappa shape index (κ1) is 31.1. The zero-order valence-electron chi connectivity index (χ0n) is 26.2. The van der Waals surface area contributed by atoms with Crippen LogP contribution in [-0.4, -0.2) is 36.2 Å². The highest BCUT2D eigenvalue weighted by atomic mass is 32.2. The lowest BCUT2D eigenvalue weighted by Crippen LogP contribution is -2.35. The quantitative estimate of drug-likeness (QED) is 0.0961. The van der Waals surface area contributed by atoms with Crippen LogP contribution in [0.5, 0.6) is 0 Å². The van der Waals surface area contributed by atoms with Crippen molar-refractivity contribution in [2.24, 2.45) is 5.92 Å². The van der Waals surface area contributed by atoms with E-state index >= 15 is 0 Å². The van der Waals surface area contributed by atoms with Gasteiger partial charge in [-0.1, -0.05) is 108 Å². The van der Waals surface area contributed by atoms with Crippen LogP contribution in [0.25, 0.3) is 6.08 Å². The topological polar surface area (TPSA) is 40.6 Å². The number of likely N-dealkylation sites (tertiary alicyclic amines) is 1. The summed E-state index contributed by atoms with van der Waals surface area (Å²) in [4.78, 5) is 33.3. The molecule has 0 unspecified atom stereocenters. The summed E-state index contributed by atoms with van der Waals surface area (Å²) in [5, 5.41) is 0. The predicted molar refractivity (Wildman–Crippen MR) is 187 cm³/mol. The van der Waals surface area contributed by atoms with Crippen molar-refractivity contribution in [2.75, 3.05) is 24.5 Å². The van der Waals surface area contributed by atoms with Crippen LogP contribution in [-0.2, 0) is 17.8 Å². The molecule has 2 heterocycles. The molecule has 45 heavy (non-hydrogen) atoms. The lowest BCUT2D eigenvalue weighted by molar-refractivity contribution is -0.114. The number of carbonyl (C=O) groups is 2. The molecule has 0 spiro atoms. The van der Waals surface area contributed by atoms with Crippen molar-refractivity contribution in [1.29, 1.82) is 0 Å². The number of benzene rings is 4. The van der Waals surface area contributed by atoms with Gasteiger partial charge in [0.25, 0.3) is 5.91 Å². The Morgan fingerprint density at radius 2 is 1.58 bits per heavy atom. The summed E-state index contributed by atoms with van der Waals surface area (Å²) in [5.74, 6) is 0.891. The third kappa shape index (κ3) is 8.22. The number of amides is 1. The highest BCUT2D eigenvalue weighted by molar-refractivity contribution is 8.04. The molecular weight excluding hydrogens is 573 g/mol. The predicted octanol–water partition coefficient (Wildman–Crippen LogP) is 8.98.